The van der Waals surface area contributed by atoms with Crippen LogP contribution >= 0.6 is 0 Å². The first-order valence-corrected chi connectivity index (χ1v) is 11.7. The summed E-state index contributed by atoms with van der Waals surface area (Å²) in [5, 5.41) is 4.99. The molecular formula is C27H27N5O2. The number of hydrogen-bond acceptors (Lipinski definition) is 5. The van der Waals surface area contributed by atoms with Crippen LogP contribution in [0.15, 0.2) is 65.7 Å². The minimum atomic E-state index is -0.0980. The molecule has 3 heterocycles. The van der Waals surface area contributed by atoms with E-state index in [1.54, 1.807) is 10.8 Å². The number of aromatic nitrogens is 4. The molecule has 0 atom stereocenters. The molecule has 0 unspecified atom stereocenters. The number of benzene rings is 2. The number of rotatable bonds is 5. The first-order chi connectivity index (χ1) is 16.7. The van der Waals surface area contributed by atoms with Crippen molar-refractivity contribution in [1.29, 1.82) is 0 Å². The van der Waals surface area contributed by atoms with E-state index < -0.39 is 0 Å². The largest absolute Gasteiger partial charge is 0.379 e. The monoisotopic (exact) mass is 453 g/mol. The Morgan fingerprint density at radius 2 is 1.82 bits per heavy atom. The number of morpholine rings is 1. The van der Waals surface area contributed by atoms with E-state index >= 15 is 0 Å². The molecule has 2 aromatic carbocycles. The van der Waals surface area contributed by atoms with E-state index in [1.165, 1.54) is 0 Å². The van der Waals surface area contributed by atoms with E-state index in [9.17, 15) is 4.79 Å². The minimum Gasteiger partial charge on any atom is -0.379 e. The predicted molar refractivity (Wildman–Crippen MR) is 132 cm³/mol. The van der Waals surface area contributed by atoms with Gasteiger partial charge in [-0.25, -0.2) is 4.98 Å². The van der Waals surface area contributed by atoms with Crippen molar-refractivity contribution in [1.82, 2.24) is 24.2 Å². The van der Waals surface area contributed by atoms with Crippen molar-refractivity contribution in [2.75, 3.05) is 32.8 Å². The number of aryl methyl sites for hydroxylation is 1. The number of hydrogen-bond donors (Lipinski definition) is 0. The molecule has 0 N–H and O–H groups in total. The van der Waals surface area contributed by atoms with Crippen LogP contribution in [0.5, 0.6) is 0 Å². The maximum atomic E-state index is 13.6. The third kappa shape index (κ3) is 4.65. The fraction of sp³-hybridized carbons (Fsp3) is 0.296. The number of para-hydroxylation sites is 1. The Bertz CT molecular complexity index is 1410. The van der Waals surface area contributed by atoms with Crippen LogP contribution in [0.1, 0.15) is 23.9 Å². The second-order valence-electron chi connectivity index (χ2n) is 8.25. The van der Waals surface area contributed by atoms with E-state index in [0.29, 0.717) is 22.9 Å². The van der Waals surface area contributed by atoms with E-state index in [1.807, 2.05) is 66.3 Å². The summed E-state index contributed by atoms with van der Waals surface area (Å²) in [4.78, 5) is 20.8. The molecule has 1 saturated heterocycles. The summed E-state index contributed by atoms with van der Waals surface area (Å²) in [6.07, 6.45) is 4.38. The maximum Gasteiger partial charge on any atom is 0.267 e. The Kier molecular flexibility index (Phi) is 6.52. The van der Waals surface area contributed by atoms with Gasteiger partial charge in [-0.3, -0.25) is 18.9 Å². The van der Waals surface area contributed by atoms with Crippen molar-refractivity contribution >= 4 is 10.9 Å². The van der Waals surface area contributed by atoms with Crippen molar-refractivity contribution in [3.8, 4) is 17.5 Å². The average molecular weight is 454 g/mol. The Labute approximate surface area is 198 Å². The predicted octanol–water partition coefficient (Wildman–Crippen LogP) is 2.88. The number of nitrogens with zero attached hydrogens (tertiary/aromatic N) is 5. The lowest BCUT2D eigenvalue weighted by Gasteiger charge is -2.26. The first kappa shape index (κ1) is 22.1. The van der Waals surface area contributed by atoms with Gasteiger partial charge in [-0.15, -0.1) is 0 Å². The van der Waals surface area contributed by atoms with Crippen molar-refractivity contribution < 1.29 is 4.74 Å². The fourth-order valence-corrected chi connectivity index (χ4v) is 4.22. The minimum absolute atomic E-state index is 0.0980. The van der Waals surface area contributed by atoms with Crippen LogP contribution in [0.2, 0.25) is 0 Å². The zero-order valence-electron chi connectivity index (χ0n) is 19.3. The van der Waals surface area contributed by atoms with E-state index in [4.69, 9.17) is 9.72 Å². The first-order valence-electron chi connectivity index (χ1n) is 11.7. The zero-order valence-corrected chi connectivity index (χ0v) is 19.3. The summed E-state index contributed by atoms with van der Waals surface area (Å²) in [5.74, 6) is 7.11. The summed E-state index contributed by atoms with van der Waals surface area (Å²) in [5.41, 5.74) is 2.87. The van der Waals surface area contributed by atoms with Gasteiger partial charge in [0.2, 0.25) is 0 Å². The van der Waals surface area contributed by atoms with Gasteiger partial charge in [0, 0.05) is 37.8 Å². The van der Waals surface area contributed by atoms with Gasteiger partial charge in [-0.2, -0.15) is 5.10 Å². The summed E-state index contributed by atoms with van der Waals surface area (Å²) in [6, 6.07) is 15.3. The van der Waals surface area contributed by atoms with Crippen molar-refractivity contribution in [2.45, 2.75) is 19.9 Å². The summed E-state index contributed by atoms with van der Waals surface area (Å²) in [6.45, 7) is 7.26. The highest BCUT2D eigenvalue weighted by molar-refractivity contribution is 5.84. The number of fused-ring (bicyclic) bond motifs is 1. The molecule has 1 aliphatic heterocycles. The maximum absolute atomic E-state index is 13.6. The Balaban J connectivity index is 1.45. The molecule has 0 spiro atoms. The molecule has 4 aromatic rings. The van der Waals surface area contributed by atoms with Crippen LogP contribution in [0.25, 0.3) is 16.6 Å². The highest BCUT2D eigenvalue weighted by Crippen LogP contribution is 2.17. The topological polar surface area (TPSA) is 65.2 Å². The average Bonchev–Trinajstić information content (AvgIpc) is 3.35. The van der Waals surface area contributed by atoms with Gasteiger partial charge in [0.25, 0.3) is 5.56 Å². The summed E-state index contributed by atoms with van der Waals surface area (Å²) in [7, 11) is 0. The molecule has 0 saturated carbocycles. The zero-order chi connectivity index (χ0) is 23.3. The van der Waals surface area contributed by atoms with Gasteiger partial charge in [0.1, 0.15) is 5.82 Å². The lowest BCUT2D eigenvalue weighted by Crippen LogP contribution is -2.38. The molecule has 5 rings (SSSR count). The molecule has 0 radical (unpaired) electrons. The Morgan fingerprint density at radius 3 is 2.62 bits per heavy atom. The normalized spacial score (nSPS) is 14.1. The Morgan fingerprint density at radius 1 is 1.00 bits per heavy atom. The van der Waals surface area contributed by atoms with Gasteiger partial charge in [0.05, 0.1) is 48.1 Å². The standard InChI is InChI=1S/C27H27N5O2/c1-2-25-29-24-10-6-7-22(26(24)27(33)32(25)23-8-4-3-5-9-23)12-11-21-19-28-31(20-21)14-13-30-15-17-34-18-16-30/h3-10,19-20H,2,13-18H2,1H3. The quantitative estimate of drug-likeness (QED) is 0.435. The lowest BCUT2D eigenvalue weighted by molar-refractivity contribution is 0.0360. The Hall–Kier alpha value is -3.73. The van der Waals surface area contributed by atoms with Gasteiger partial charge in [0.15, 0.2) is 0 Å². The molecule has 1 fully saturated rings. The SMILES string of the molecule is CCc1nc2cccc(C#Cc3cnn(CCN4CCOCC4)c3)c2c(=O)n1-c1ccccc1. The molecule has 2 aromatic heterocycles. The van der Waals surface area contributed by atoms with Gasteiger partial charge in [-0.1, -0.05) is 43.0 Å². The molecule has 7 nitrogen and oxygen atoms in total. The third-order valence-electron chi connectivity index (χ3n) is 6.02. The number of ether oxygens (including phenoxy) is 1. The second-order valence-corrected chi connectivity index (χ2v) is 8.25. The molecule has 0 amide bonds. The van der Waals surface area contributed by atoms with Crippen LogP contribution in [-0.2, 0) is 17.7 Å². The second kappa shape index (κ2) is 10.0. The van der Waals surface area contributed by atoms with Crippen molar-refractivity contribution in [2.24, 2.45) is 0 Å². The smallest absolute Gasteiger partial charge is 0.267 e. The molecule has 172 valence electrons. The van der Waals surface area contributed by atoms with Gasteiger partial charge in [-0.05, 0) is 24.3 Å². The third-order valence-corrected chi connectivity index (χ3v) is 6.02. The van der Waals surface area contributed by atoms with Crippen LogP contribution < -0.4 is 5.56 Å². The molecule has 34 heavy (non-hydrogen) atoms. The van der Waals surface area contributed by atoms with Gasteiger partial charge < -0.3 is 4.74 Å². The van der Waals surface area contributed by atoms with E-state index in [2.05, 4.69) is 21.8 Å². The molecule has 7 heteroatoms. The fourth-order valence-electron chi connectivity index (χ4n) is 4.22. The molecule has 0 bridgehead atoms. The molecular weight excluding hydrogens is 426 g/mol. The van der Waals surface area contributed by atoms with Crippen LogP contribution in [0.4, 0.5) is 0 Å². The highest BCUT2D eigenvalue weighted by atomic mass is 16.5. The van der Waals surface area contributed by atoms with Crippen molar-refractivity contribution in [3.63, 3.8) is 0 Å². The van der Waals surface area contributed by atoms with Gasteiger partial charge >= 0.3 is 0 Å². The molecule has 1 aliphatic rings. The lowest BCUT2D eigenvalue weighted by atomic mass is 10.1. The van der Waals surface area contributed by atoms with E-state index in [0.717, 1.165) is 56.5 Å². The summed E-state index contributed by atoms with van der Waals surface area (Å²) >= 11 is 0. The molecule has 0 aliphatic carbocycles. The van der Waals surface area contributed by atoms with E-state index in [-0.39, 0.29) is 5.56 Å². The van der Waals surface area contributed by atoms with Crippen LogP contribution in [-0.4, -0.2) is 57.1 Å². The van der Waals surface area contributed by atoms with Crippen molar-refractivity contribution in [3.05, 3.63) is 88.2 Å². The summed E-state index contributed by atoms with van der Waals surface area (Å²) < 4.78 is 9.01. The highest BCUT2D eigenvalue weighted by Gasteiger charge is 2.14. The van der Waals surface area contributed by atoms with Crippen LogP contribution in [0.3, 0.4) is 0 Å². The van der Waals surface area contributed by atoms with Crippen LogP contribution in [0, 0.1) is 11.8 Å².